The Morgan fingerprint density at radius 3 is 2.64 bits per heavy atom. The van der Waals surface area contributed by atoms with Gasteiger partial charge in [-0.2, -0.15) is 0 Å². The number of nitrogens with one attached hydrogen (secondary N) is 1. The lowest BCUT2D eigenvalue weighted by Crippen LogP contribution is -2.37. The van der Waals surface area contributed by atoms with Gasteiger partial charge in [-0.25, -0.2) is 4.79 Å². The molecule has 0 fully saturated rings. The van der Waals surface area contributed by atoms with Gasteiger partial charge in [0.25, 0.3) is 0 Å². The van der Waals surface area contributed by atoms with Crippen molar-refractivity contribution in [2.45, 2.75) is 45.8 Å². The summed E-state index contributed by atoms with van der Waals surface area (Å²) in [6, 6.07) is 0.0408. The Morgan fingerprint density at radius 2 is 2.21 bits per heavy atom. The maximum atomic E-state index is 11.2. The minimum absolute atomic E-state index is 0.0408. The minimum atomic E-state index is -0.446. The molecule has 0 rings (SSSR count). The molecule has 0 aliphatic rings. The molecule has 80 valence electrons. The van der Waals surface area contributed by atoms with E-state index in [1.807, 2.05) is 27.7 Å². The molecule has 0 radical (unpaired) electrons. The highest BCUT2D eigenvalue weighted by Gasteiger charge is 2.16. The lowest BCUT2D eigenvalue weighted by molar-refractivity contribution is 0.0509. The quantitative estimate of drug-likeness (QED) is 0.706. The summed E-state index contributed by atoms with van der Waals surface area (Å²) in [6.45, 7) is 10.8. The van der Waals surface area contributed by atoms with E-state index in [-0.39, 0.29) is 12.1 Å². The molecule has 0 aliphatic heterocycles. The van der Waals surface area contributed by atoms with Crippen molar-refractivity contribution in [2.75, 3.05) is 0 Å². The van der Waals surface area contributed by atoms with Crippen molar-refractivity contribution >= 4 is 6.09 Å². The number of hydrogen-bond donors (Lipinski definition) is 1. The van der Waals surface area contributed by atoms with Gasteiger partial charge in [-0.05, 0) is 40.2 Å². The summed E-state index contributed by atoms with van der Waals surface area (Å²) in [5.74, 6) is 0. The van der Waals surface area contributed by atoms with Crippen molar-refractivity contribution < 1.29 is 9.53 Å². The number of carbonyl (C=O) groups excluding carboxylic acids is 1. The van der Waals surface area contributed by atoms with Crippen molar-refractivity contribution in [3.05, 3.63) is 18.4 Å². The first kappa shape index (κ1) is 12.8. The largest absolute Gasteiger partial charge is 0.444 e. The SMILES string of the molecule is C=C=CC[C@H](C)NC(=O)OC(C)(C)C. The number of carbonyl (C=O) groups is 1. The van der Waals surface area contributed by atoms with Crippen molar-refractivity contribution in [3.8, 4) is 0 Å². The molecule has 1 atom stereocenters. The van der Waals surface area contributed by atoms with Gasteiger partial charge < -0.3 is 10.1 Å². The fourth-order valence-corrected chi connectivity index (χ4v) is 0.828. The third kappa shape index (κ3) is 7.44. The summed E-state index contributed by atoms with van der Waals surface area (Å²) < 4.78 is 5.09. The maximum Gasteiger partial charge on any atom is 0.407 e. The molecule has 14 heavy (non-hydrogen) atoms. The van der Waals surface area contributed by atoms with Gasteiger partial charge in [0, 0.05) is 6.04 Å². The molecule has 3 heteroatoms. The molecular weight excluding hydrogens is 178 g/mol. The summed E-state index contributed by atoms with van der Waals surface area (Å²) in [5, 5.41) is 2.71. The minimum Gasteiger partial charge on any atom is -0.444 e. The van der Waals surface area contributed by atoms with E-state index in [0.29, 0.717) is 6.42 Å². The highest BCUT2D eigenvalue weighted by molar-refractivity contribution is 5.68. The van der Waals surface area contributed by atoms with Gasteiger partial charge in [-0.3, -0.25) is 0 Å². The van der Waals surface area contributed by atoms with Gasteiger partial charge in [0.05, 0.1) is 0 Å². The van der Waals surface area contributed by atoms with Crippen molar-refractivity contribution in [2.24, 2.45) is 0 Å². The lowest BCUT2D eigenvalue weighted by atomic mass is 10.2. The Labute approximate surface area is 85.8 Å². The second-order valence-corrected chi connectivity index (χ2v) is 4.19. The Hall–Kier alpha value is -1.21. The van der Waals surface area contributed by atoms with E-state index < -0.39 is 5.60 Å². The van der Waals surface area contributed by atoms with Gasteiger partial charge in [0.1, 0.15) is 5.60 Å². The molecule has 0 bridgehead atoms. The lowest BCUT2D eigenvalue weighted by Gasteiger charge is -2.21. The highest BCUT2D eigenvalue weighted by Crippen LogP contribution is 2.07. The summed E-state index contributed by atoms with van der Waals surface area (Å²) in [4.78, 5) is 11.2. The molecule has 0 aliphatic carbocycles. The van der Waals surface area contributed by atoms with Gasteiger partial charge >= 0.3 is 6.09 Å². The van der Waals surface area contributed by atoms with Gasteiger partial charge in [0.2, 0.25) is 0 Å². The average Bonchev–Trinajstić information content (AvgIpc) is 1.96. The molecular formula is C11H19NO2. The second kappa shape index (κ2) is 5.51. The predicted molar refractivity (Wildman–Crippen MR) is 57.2 cm³/mol. The summed E-state index contributed by atoms with van der Waals surface area (Å²) in [7, 11) is 0. The van der Waals surface area contributed by atoms with Crippen LogP contribution in [0.5, 0.6) is 0 Å². The molecule has 0 heterocycles. The molecule has 0 aromatic carbocycles. The fraction of sp³-hybridized carbons (Fsp3) is 0.636. The molecule has 0 spiro atoms. The van der Waals surface area contributed by atoms with Gasteiger partial charge in [-0.1, -0.05) is 6.58 Å². The number of alkyl carbamates (subject to hydrolysis) is 1. The van der Waals surface area contributed by atoms with Crippen molar-refractivity contribution in [3.63, 3.8) is 0 Å². The van der Waals surface area contributed by atoms with Crippen LogP contribution in [-0.2, 0) is 4.74 Å². The first-order valence-corrected chi connectivity index (χ1v) is 4.69. The zero-order chi connectivity index (χ0) is 11.2. The van der Waals surface area contributed by atoms with Crippen LogP contribution in [0.1, 0.15) is 34.1 Å². The van der Waals surface area contributed by atoms with E-state index in [1.54, 1.807) is 6.08 Å². The van der Waals surface area contributed by atoms with E-state index in [4.69, 9.17) is 4.74 Å². The maximum absolute atomic E-state index is 11.2. The molecule has 0 saturated heterocycles. The topological polar surface area (TPSA) is 38.3 Å². The Bertz CT molecular complexity index is 234. The van der Waals surface area contributed by atoms with E-state index in [2.05, 4.69) is 17.6 Å². The second-order valence-electron chi connectivity index (χ2n) is 4.19. The van der Waals surface area contributed by atoms with Crippen LogP contribution < -0.4 is 5.32 Å². The molecule has 1 amide bonds. The van der Waals surface area contributed by atoms with Crippen LogP contribution in [-0.4, -0.2) is 17.7 Å². The molecule has 3 nitrogen and oxygen atoms in total. The first-order chi connectivity index (χ1) is 6.35. The van der Waals surface area contributed by atoms with E-state index in [9.17, 15) is 4.79 Å². The van der Waals surface area contributed by atoms with Gasteiger partial charge in [-0.15, -0.1) is 5.73 Å². The Balaban J connectivity index is 3.88. The smallest absolute Gasteiger partial charge is 0.407 e. The van der Waals surface area contributed by atoms with Crippen LogP contribution in [0.3, 0.4) is 0 Å². The van der Waals surface area contributed by atoms with Gasteiger partial charge in [0.15, 0.2) is 0 Å². The molecule has 0 aromatic heterocycles. The molecule has 0 saturated carbocycles. The van der Waals surface area contributed by atoms with E-state index in [1.165, 1.54) is 0 Å². The summed E-state index contributed by atoms with van der Waals surface area (Å²) in [6.07, 6.45) is 2.10. The van der Waals surface area contributed by atoms with Crippen LogP contribution in [0, 0.1) is 0 Å². The number of ether oxygens (including phenoxy) is 1. The van der Waals surface area contributed by atoms with Crippen LogP contribution in [0.25, 0.3) is 0 Å². The Kier molecular flexibility index (Phi) is 5.03. The summed E-state index contributed by atoms with van der Waals surface area (Å²) in [5.41, 5.74) is 2.21. The zero-order valence-corrected chi connectivity index (χ0v) is 9.39. The van der Waals surface area contributed by atoms with Crippen LogP contribution in [0.2, 0.25) is 0 Å². The number of hydrogen-bond acceptors (Lipinski definition) is 2. The number of rotatable bonds is 3. The normalized spacial score (nSPS) is 12.6. The third-order valence-corrected chi connectivity index (χ3v) is 1.38. The van der Waals surface area contributed by atoms with Crippen LogP contribution in [0.15, 0.2) is 18.4 Å². The Morgan fingerprint density at radius 1 is 1.64 bits per heavy atom. The van der Waals surface area contributed by atoms with Crippen molar-refractivity contribution in [1.29, 1.82) is 0 Å². The average molecular weight is 197 g/mol. The molecule has 0 aromatic rings. The van der Waals surface area contributed by atoms with E-state index in [0.717, 1.165) is 0 Å². The zero-order valence-electron chi connectivity index (χ0n) is 9.39. The fourth-order valence-electron chi connectivity index (χ4n) is 0.828. The molecule has 1 N–H and O–H groups in total. The monoisotopic (exact) mass is 197 g/mol. The molecule has 0 unspecified atom stereocenters. The standard InChI is InChI=1S/C11H19NO2/c1-6-7-8-9(2)12-10(13)14-11(3,4)5/h7,9H,1,8H2,2-5H3,(H,12,13)/t9-/m0/s1. The van der Waals surface area contributed by atoms with E-state index >= 15 is 0 Å². The number of amides is 1. The first-order valence-electron chi connectivity index (χ1n) is 4.69. The van der Waals surface area contributed by atoms with Crippen LogP contribution >= 0.6 is 0 Å². The highest BCUT2D eigenvalue weighted by atomic mass is 16.6. The summed E-state index contributed by atoms with van der Waals surface area (Å²) >= 11 is 0. The van der Waals surface area contributed by atoms with Crippen molar-refractivity contribution in [1.82, 2.24) is 5.32 Å². The predicted octanol–water partition coefficient (Wildman–Crippen LogP) is 2.63. The van der Waals surface area contributed by atoms with Crippen LogP contribution in [0.4, 0.5) is 4.79 Å². The third-order valence-electron chi connectivity index (χ3n) is 1.38.